The van der Waals surface area contributed by atoms with Gasteiger partial charge in [-0.2, -0.15) is 0 Å². The highest BCUT2D eigenvalue weighted by Gasteiger charge is 2.34. The van der Waals surface area contributed by atoms with E-state index in [-0.39, 0.29) is 0 Å². The monoisotopic (exact) mass is 190 g/mol. The highest BCUT2D eigenvalue weighted by molar-refractivity contribution is 5.46. The van der Waals surface area contributed by atoms with Crippen LogP contribution < -0.4 is 4.74 Å². The summed E-state index contributed by atoms with van der Waals surface area (Å²) in [5.74, 6) is 1.66. The normalized spacial score (nSPS) is 20.4. The highest BCUT2D eigenvalue weighted by Crippen LogP contribution is 2.45. The van der Waals surface area contributed by atoms with Gasteiger partial charge < -0.3 is 4.74 Å². The molecule has 0 saturated carbocycles. The summed E-state index contributed by atoms with van der Waals surface area (Å²) in [6, 6.07) is 6.44. The van der Waals surface area contributed by atoms with Crippen molar-refractivity contribution < 1.29 is 4.74 Å². The van der Waals surface area contributed by atoms with Gasteiger partial charge in [0.2, 0.25) is 0 Å². The molecule has 2 rings (SSSR count). The summed E-state index contributed by atoms with van der Waals surface area (Å²) < 4.78 is 5.77. The van der Waals surface area contributed by atoms with Crippen LogP contribution in [-0.4, -0.2) is 6.61 Å². The Morgan fingerprint density at radius 3 is 2.64 bits per heavy atom. The van der Waals surface area contributed by atoms with Crippen molar-refractivity contribution in [3.63, 3.8) is 0 Å². The number of hydrogen-bond acceptors (Lipinski definition) is 1. The maximum atomic E-state index is 5.77. The molecule has 0 spiro atoms. The molecule has 0 bridgehead atoms. The van der Waals surface area contributed by atoms with Crippen LogP contribution in [0.1, 0.15) is 37.8 Å². The Hall–Kier alpha value is -0.980. The first-order chi connectivity index (χ1) is 6.50. The minimum absolute atomic E-state index is 0.291. The summed E-state index contributed by atoms with van der Waals surface area (Å²) >= 11 is 0. The topological polar surface area (TPSA) is 9.23 Å². The second-order valence-electron chi connectivity index (χ2n) is 5.22. The van der Waals surface area contributed by atoms with Gasteiger partial charge in [-0.25, -0.2) is 0 Å². The third-order valence-electron chi connectivity index (χ3n) is 3.06. The van der Waals surface area contributed by atoms with Crippen molar-refractivity contribution in [3.8, 4) is 5.75 Å². The van der Waals surface area contributed by atoms with E-state index < -0.39 is 0 Å². The number of benzene rings is 1. The average Bonchev–Trinajstić information content (AvgIpc) is 2.47. The van der Waals surface area contributed by atoms with E-state index in [1.165, 1.54) is 11.1 Å². The summed E-state index contributed by atoms with van der Waals surface area (Å²) in [4.78, 5) is 0. The highest BCUT2D eigenvalue weighted by atomic mass is 16.5. The molecule has 0 N–H and O–H groups in total. The number of para-hydroxylation sites is 1. The van der Waals surface area contributed by atoms with Crippen molar-refractivity contribution in [1.29, 1.82) is 0 Å². The molecule has 76 valence electrons. The quantitative estimate of drug-likeness (QED) is 0.608. The molecule has 1 nitrogen and oxygen atoms in total. The van der Waals surface area contributed by atoms with Crippen LogP contribution in [0.5, 0.6) is 5.75 Å². The maximum Gasteiger partial charge on any atom is 0.125 e. The summed E-state index contributed by atoms with van der Waals surface area (Å²) in [5, 5.41) is 0. The molecule has 0 unspecified atom stereocenters. The number of rotatable bonds is 0. The number of aryl methyl sites for hydroxylation is 1. The first kappa shape index (κ1) is 9.57. The van der Waals surface area contributed by atoms with Gasteiger partial charge >= 0.3 is 0 Å². The number of fused-ring (bicyclic) bond motifs is 1. The molecule has 1 aliphatic rings. The summed E-state index contributed by atoms with van der Waals surface area (Å²) in [6.45, 7) is 9.78. The van der Waals surface area contributed by atoms with E-state index in [2.05, 4.69) is 45.9 Å². The molecule has 0 fully saturated rings. The summed E-state index contributed by atoms with van der Waals surface area (Å²) in [6.07, 6.45) is 0. The Balaban J connectivity index is 2.45. The Bertz CT molecular complexity index is 347. The van der Waals surface area contributed by atoms with Gasteiger partial charge in [-0.15, -0.1) is 0 Å². The minimum Gasteiger partial charge on any atom is -0.492 e. The summed E-state index contributed by atoms with van der Waals surface area (Å²) in [7, 11) is 0. The molecule has 1 aromatic carbocycles. The Kier molecular flexibility index (Phi) is 2.06. The lowest BCUT2D eigenvalue weighted by Gasteiger charge is -2.25. The van der Waals surface area contributed by atoms with Crippen molar-refractivity contribution in [2.45, 2.75) is 33.6 Å². The minimum atomic E-state index is 0.291. The SMILES string of the molecule is Cc1cccc2c1OC[C@H]2C(C)(C)C. The van der Waals surface area contributed by atoms with Crippen LogP contribution in [0, 0.1) is 12.3 Å². The van der Waals surface area contributed by atoms with Gasteiger partial charge in [-0.05, 0) is 17.9 Å². The Labute approximate surface area is 86.1 Å². The maximum absolute atomic E-state index is 5.77. The van der Waals surface area contributed by atoms with Gasteiger partial charge in [0.15, 0.2) is 0 Å². The summed E-state index contributed by atoms with van der Waals surface area (Å²) in [5.41, 5.74) is 2.94. The van der Waals surface area contributed by atoms with E-state index in [1.807, 2.05) is 0 Å². The van der Waals surface area contributed by atoms with Crippen molar-refractivity contribution in [2.24, 2.45) is 5.41 Å². The molecule has 1 heteroatoms. The van der Waals surface area contributed by atoms with Crippen LogP contribution in [0.4, 0.5) is 0 Å². The smallest absolute Gasteiger partial charge is 0.125 e. The molecule has 1 aromatic rings. The lowest BCUT2D eigenvalue weighted by Crippen LogP contribution is -2.19. The molecule has 1 heterocycles. The third kappa shape index (κ3) is 1.41. The average molecular weight is 190 g/mol. The lowest BCUT2D eigenvalue weighted by molar-refractivity contribution is 0.242. The molecular weight excluding hydrogens is 172 g/mol. The van der Waals surface area contributed by atoms with Crippen LogP contribution in [0.3, 0.4) is 0 Å². The van der Waals surface area contributed by atoms with Crippen molar-refractivity contribution >= 4 is 0 Å². The van der Waals surface area contributed by atoms with E-state index in [0.29, 0.717) is 11.3 Å². The van der Waals surface area contributed by atoms with E-state index in [0.717, 1.165) is 12.4 Å². The molecule has 0 aliphatic carbocycles. The molecule has 0 radical (unpaired) electrons. The fraction of sp³-hybridized carbons (Fsp3) is 0.538. The lowest BCUT2D eigenvalue weighted by atomic mass is 9.77. The van der Waals surface area contributed by atoms with Gasteiger partial charge in [0.1, 0.15) is 5.75 Å². The van der Waals surface area contributed by atoms with Crippen molar-refractivity contribution in [1.82, 2.24) is 0 Å². The van der Waals surface area contributed by atoms with E-state index in [4.69, 9.17) is 4.74 Å². The van der Waals surface area contributed by atoms with Crippen molar-refractivity contribution in [2.75, 3.05) is 6.61 Å². The van der Waals surface area contributed by atoms with Gasteiger partial charge in [-0.1, -0.05) is 39.0 Å². The first-order valence-electron chi connectivity index (χ1n) is 5.22. The fourth-order valence-electron chi connectivity index (χ4n) is 2.12. The van der Waals surface area contributed by atoms with Crippen LogP contribution in [0.15, 0.2) is 18.2 Å². The third-order valence-corrected chi connectivity index (χ3v) is 3.06. The van der Waals surface area contributed by atoms with Gasteiger partial charge in [0.05, 0.1) is 6.61 Å². The van der Waals surface area contributed by atoms with Crippen molar-refractivity contribution in [3.05, 3.63) is 29.3 Å². The molecule has 1 aliphatic heterocycles. The van der Waals surface area contributed by atoms with Gasteiger partial charge in [0.25, 0.3) is 0 Å². The van der Waals surface area contributed by atoms with Crippen LogP contribution in [0.25, 0.3) is 0 Å². The zero-order chi connectivity index (χ0) is 10.3. The molecule has 0 amide bonds. The molecule has 0 aromatic heterocycles. The Morgan fingerprint density at radius 2 is 2.00 bits per heavy atom. The zero-order valence-corrected chi connectivity index (χ0v) is 9.42. The molecular formula is C13H18O. The van der Waals surface area contributed by atoms with Crippen LogP contribution in [-0.2, 0) is 0 Å². The zero-order valence-electron chi connectivity index (χ0n) is 9.42. The molecule has 1 atom stereocenters. The first-order valence-corrected chi connectivity index (χ1v) is 5.22. The molecule has 14 heavy (non-hydrogen) atoms. The van der Waals surface area contributed by atoms with E-state index >= 15 is 0 Å². The van der Waals surface area contributed by atoms with E-state index in [9.17, 15) is 0 Å². The number of hydrogen-bond donors (Lipinski definition) is 0. The Morgan fingerprint density at radius 1 is 1.29 bits per heavy atom. The second kappa shape index (κ2) is 3.01. The van der Waals surface area contributed by atoms with Gasteiger partial charge in [0, 0.05) is 11.5 Å². The van der Waals surface area contributed by atoms with E-state index in [1.54, 1.807) is 0 Å². The standard InChI is InChI=1S/C13H18O/c1-9-6-5-7-10-11(13(2,3)4)8-14-12(9)10/h5-7,11H,8H2,1-4H3/t11-/m1/s1. The van der Waals surface area contributed by atoms with Crippen LogP contribution >= 0.6 is 0 Å². The predicted molar refractivity (Wildman–Crippen MR) is 58.9 cm³/mol. The second-order valence-corrected chi connectivity index (χ2v) is 5.22. The van der Waals surface area contributed by atoms with Crippen LogP contribution in [0.2, 0.25) is 0 Å². The number of ether oxygens (including phenoxy) is 1. The largest absolute Gasteiger partial charge is 0.492 e. The van der Waals surface area contributed by atoms with Gasteiger partial charge in [-0.3, -0.25) is 0 Å². The predicted octanol–water partition coefficient (Wildman–Crippen LogP) is 3.52. The molecule has 0 saturated heterocycles. The fourth-order valence-corrected chi connectivity index (χ4v) is 2.12.